The molecule has 2 aliphatic rings. The lowest BCUT2D eigenvalue weighted by Crippen LogP contribution is -2.37. The fourth-order valence-electron chi connectivity index (χ4n) is 3.26. The molecule has 2 N–H and O–H groups in total. The molecular weight excluding hydrogens is 328 g/mol. The number of rotatable bonds is 4. The normalized spacial score (nSPS) is 34.7. The number of amidine groups is 1. The van der Waals surface area contributed by atoms with Crippen LogP contribution in [-0.2, 0) is 10.3 Å². The third-order valence-corrected chi connectivity index (χ3v) is 5.71. The number of nitrogens with two attached hydrogens (primary N) is 1. The summed E-state index contributed by atoms with van der Waals surface area (Å²) in [6, 6.07) is 1.45. The molecule has 9 heteroatoms. The predicted octanol–water partition coefficient (Wildman–Crippen LogP) is 2.55. The van der Waals surface area contributed by atoms with Crippen molar-refractivity contribution in [3.8, 4) is 0 Å². The Labute approximate surface area is 139 Å². The number of fused-ring (bicyclic) bond motifs is 1. The maximum atomic E-state index is 14.5. The van der Waals surface area contributed by atoms with Crippen molar-refractivity contribution in [2.45, 2.75) is 23.6 Å². The molecule has 0 aromatic heterocycles. The number of nitrogens with zero attached hydrogens (tertiary/aromatic N) is 2. The standard InChI is InChI=1S/C14H15F2N3O3S/c1-13(8-3-7(19(20)21)4-9(15)11(8)16)10-5-14(10,6-22-2)23-12(17)18-13/h3-4,10H,5-6H2,1-2H3,(H2,17,18)/t10-,13+,14+/m0/s1/i2D3. The number of thioether (sulfide) groups is 1. The van der Waals surface area contributed by atoms with Crippen molar-refractivity contribution >= 4 is 22.6 Å². The molecule has 0 amide bonds. The van der Waals surface area contributed by atoms with Crippen LogP contribution in [0.3, 0.4) is 0 Å². The lowest BCUT2D eigenvalue weighted by atomic mass is 9.85. The second kappa shape index (κ2) is 5.13. The van der Waals surface area contributed by atoms with E-state index in [1.54, 1.807) is 0 Å². The van der Waals surface area contributed by atoms with Crippen LogP contribution in [0.2, 0.25) is 0 Å². The molecule has 1 fully saturated rings. The van der Waals surface area contributed by atoms with Crippen LogP contribution in [0.15, 0.2) is 17.1 Å². The molecule has 0 spiro atoms. The number of non-ortho nitro benzene ring substituents is 1. The summed E-state index contributed by atoms with van der Waals surface area (Å²) in [5, 5.41) is 11.1. The van der Waals surface area contributed by atoms with E-state index in [-0.39, 0.29) is 17.3 Å². The van der Waals surface area contributed by atoms with Crippen molar-refractivity contribution in [1.29, 1.82) is 0 Å². The highest BCUT2D eigenvalue weighted by Crippen LogP contribution is 2.66. The van der Waals surface area contributed by atoms with Crippen LogP contribution in [0.4, 0.5) is 14.5 Å². The Morgan fingerprint density at radius 1 is 1.65 bits per heavy atom. The molecule has 0 radical (unpaired) electrons. The highest BCUT2D eigenvalue weighted by molar-refractivity contribution is 8.15. The van der Waals surface area contributed by atoms with Gasteiger partial charge in [-0.2, -0.15) is 0 Å². The summed E-state index contributed by atoms with van der Waals surface area (Å²) in [4.78, 5) is 14.4. The number of nitro benzene ring substituents is 1. The zero-order chi connectivity index (χ0) is 19.5. The van der Waals surface area contributed by atoms with Crippen molar-refractivity contribution in [3.05, 3.63) is 39.4 Å². The van der Waals surface area contributed by atoms with Crippen molar-refractivity contribution in [2.75, 3.05) is 13.6 Å². The van der Waals surface area contributed by atoms with Crippen molar-refractivity contribution < 1.29 is 22.6 Å². The van der Waals surface area contributed by atoms with Gasteiger partial charge in [0.05, 0.1) is 32.0 Å². The third kappa shape index (κ3) is 2.38. The summed E-state index contributed by atoms with van der Waals surface area (Å²) in [6.45, 7) is 1.33. The van der Waals surface area contributed by atoms with E-state index in [9.17, 15) is 18.9 Å². The van der Waals surface area contributed by atoms with Gasteiger partial charge in [0.2, 0.25) is 0 Å². The largest absolute Gasteiger partial charge is 0.383 e. The first kappa shape index (κ1) is 12.7. The molecule has 1 heterocycles. The minimum absolute atomic E-state index is 0.0571. The topological polar surface area (TPSA) is 90.8 Å². The van der Waals surface area contributed by atoms with Gasteiger partial charge in [0.15, 0.2) is 16.8 Å². The molecule has 6 nitrogen and oxygen atoms in total. The van der Waals surface area contributed by atoms with Gasteiger partial charge in [-0.3, -0.25) is 15.1 Å². The van der Waals surface area contributed by atoms with Gasteiger partial charge >= 0.3 is 0 Å². The highest BCUT2D eigenvalue weighted by atomic mass is 32.2. The van der Waals surface area contributed by atoms with E-state index >= 15 is 0 Å². The van der Waals surface area contributed by atoms with E-state index in [0.29, 0.717) is 12.5 Å². The zero-order valence-electron chi connectivity index (χ0n) is 15.0. The first-order chi connectivity index (χ1) is 11.9. The zero-order valence-corrected chi connectivity index (χ0v) is 12.8. The van der Waals surface area contributed by atoms with Crippen molar-refractivity contribution in [2.24, 2.45) is 16.6 Å². The molecule has 124 valence electrons. The average molecular weight is 346 g/mol. The van der Waals surface area contributed by atoms with Crippen LogP contribution < -0.4 is 5.73 Å². The van der Waals surface area contributed by atoms with Crippen LogP contribution in [0, 0.1) is 27.7 Å². The van der Waals surface area contributed by atoms with E-state index in [2.05, 4.69) is 4.99 Å². The number of halogens is 2. The van der Waals surface area contributed by atoms with Crippen LogP contribution in [0.5, 0.6) is 0 Å². The van der Waals surface area contributed by atoms with Crippen molar-refractivity contribution in [3.63, 3.8) is 0 Å². The molecule has 23 heavy (non-hydrogen) atoms. The number of ether oxygens (including phenoxy) is 1. The van der Waals surface area contributed by atoms with Crippen LogP contribution in [0.1, 0.15) is 23.0 Å². The third-order valence-electron chi connectivity index (χ3n) is 4.44. The fourth-order valence-corrected chi connectivity index (χ4v) is 4.65. The summed E-state index contributed by atoms with van der Waals surface area (Å²) in [6.07, 6.45) is 0.401. The Hall–Kier alpha value is -1.74. The molecule has 1 aromatic carbocycles. The first-order valence-electron chi connectivity index (χ1n) is 8.20. The Morgan fingerprint density at radius 3 is 3.04 bits per heavy atom. The average Bonchev–Trinajstić information content (AvgIpc) is 3.22. The van der Waals surface area contributed by atoms with Gasteiger partial charge in [0.1, 0.15) is 0 Å². The first-order valence-corrected chi connectivity index (χ1v) is 7.52. The Balaban J connectivity index is 2.03. The molecule has 0 unspecified atom stereocenters. The number of methoxy groups -OCH3 is 1. The Kier molecular flexibility index (Phi) is 2.82. The van der Waals surface area contributed by atoms with E-state index < -0.39 is 45.5 Å². The molecule has 1 aliphatic heterocycles. The highest BCUT2D eigenvalue weighted by Gasteiger charge is 2.66. The van der Waals surface area contributed by atoms with E-state index in [4.69, 9.17) is 14.6 Å². The summed E-state index contributed by atoms with van der Waals surface area (Å²) in [5.41, 5.74) is 3.59. The summed E-state index contributed by atoms with van der Waals surface area (Å²) >= 11 is 1.12. The fraction of sp³-hybridized carbons (Fsp3) is 0.500. The Morgan fingerprint density at radius 2 is 2.39 bits per heavy atom. The molecule has 0 bridgehead atoms. The molecule has 1 aromatic rings. The summed E-state index contributed by atoms with van der Waals surface area (Å²) < 4.78 is 54.0. The van der Waals surface area contributed by atoms with Crippen LogP contribution >= 0.6 is 11.8 Å². The van der Waals surface area contributed by atoms with Gasteiger partial charge in [-0.25, -0.2) is 8.78 Å². The van der Waals surface area contributed by atoms with Crippen molar-refractivity contribution in [1.82, 2.24) is 0 Å². The summed E-state index contributed by atoms with van der Waals surface area (Å²) in [7, 11) is -2.61. The van der Waals surface area contributed by atoms with E-state index in [1.165, 1.54) is 6.92 Å². The van der Waals surface area contributed by atoms with Gasteiger partial charge in [-0.05, 0) is 13.3 Å². The molecule has 3 atom stereocenters. The lowest BCUT2D eigenvalue weighted by Gasteiger charge is -2.33. The molecule has 0 saturated heterocycles. The molecular formula is C14H15F2N3O3S. The van der Waals surface area contributed by atoms with Gasteiger partial charge in [0.25, 0.3) is 5.69 Å². The number of nitro groups is 1. The van der Waals surface area contributed by atoms with Gasteiger partial charge in [-0.1, -0.05) is 11.8 Å². The van der Waals surface area contributed by atoms with E-state index in [1.807, 2.05) is 0 Å². The number of benzene rings is 1. The van der Waals surface area contributed by atoms with Crippen LogP contribution in [0.25, 0.3) is 0 Å². The molecule has 1 saturated carbocycles. The quantitative estimate of drug-likeness (QED) is 0.668. The molecule has 3 rings (SSSR count). The maximum absolute atomic E-state index is 14.5. The summed E-state index contributed by atoms with van der Waals surface area (Å²) in [5.74, 6) is -3.00. The predicted molar refractivity (Wildman–Crippen MR) is 82.3 cm³/mol. The smallest absolute Gasteiger partial charge is 0.272 e. The van der Waals surface area contributed by atoms with E-state index in [0.717, 1.165) is 17.8 Å². The monoisotopic (exact) mass is 346 g/mol. The number of hydrogen-bond acceptors (Lipinski definition) is 6. The minimum Gasteiger partial charge on any atom is -0.383 e. The van der Waals surface area contributed by atoms with Gasteiger partial charge in [0, 0.05) is 24.6 Å². The van der Waals surface area contributed by atoms with Gasteiger partial charge in [-0.15, -0.1) is 0 Å². The minimum atomic E-state index is -2.61. The lowest BCUT2D eigenvalue weighted by molar-refractivity contribution is -0.385. The molecule has 1 aliphatic carbocycles. The Bertz CT molecular complexity index is 823. The van der Waals surface area contributed by atoms with Gasteiger partial charge < -0.3 is 10.5 Å². The van der Waals surface area contributed by atoms with Crippen LogP contribution in [-0.4, -0.2) is 28.5 Å². The maximum Gasteiger partial charge on any atom is 0.272 e. The number of aliphatic imine (C=N–C) groups is 1. The second-order valence-corrected chi connectivity index (χ2v) is 7.29. The number of hydrogen-bond donors (Lipinski definition) is 1. The second-order valence-electron chi connectivity index (χ2n) is 5.86. The SMILES string of the molecule is [2H]C([2H])([2H])OC[C@]12C[C@H]1[C@@](C)(c1cc([N+](=O)[O-])cc(F)c1F)N=C(N)S2.